The van der Waals surface area contributed by atoms with Gasteiger partial charge < -0.3 is 4.84 Å². The van der Waals surface area contributed by atoms with Crippen LogP contribution < -0.4 is 4.84 Å². The fourth-order valence-electron chi connectivity index (χ4n) is 1.23. The molecular formula is C8H5N3O4. The number of hydrogen-bond acceptors (Lipinski definition) is 5. The molecule has 0 unspecified atom stereocenters. The van der Waals surface area contributed by atoms with Crippen molar-refractivity contribution in [3.63, 3.8) is 0 Å². The van der Waals surface area contributed by atoms with Crippen molar-refractivity contribution < 1.29 is 14.6 Å². The molecule has 0 amide bonds. The van der Waals surface area contributed by atoms with Gasteiger partial charge in [-0.15, -0.1) is 5.10 Å². The molecule has 7 heteroatoms. The van der Waals surface area contributed by atoms with Gasteiger partial charge in [-0.25, -0.2) is 0 Å². The van der Waals surface area contributed by atoms with E-state index in [1.807, 2.05) is 0 Å². The number of carbonyl (C=O) groups excluding carboxylic acids is 1. The largest absolute Gasteiger partial charge is 0.323 e. The third kappa shape index (κ3) is 1.50. The number of benzene rings is 1. The standard InChI is InChI=1S/C8H5N3O4/c12-5-15-10-8-2-1-7(11(13)14)3-6(8)4-9-10/h1-5H. The summed E-state index contributed by atoms with van der Waals surface area (Å²) in [5, 5.41) is 14.7. The van der Waals surface area contributed by atoms with Crippen molar-refractivity contribution in [2.24, 2.45) is 0 Å². The van der Waals surface area contributed by atoms with Gasteiger partial charge in [0, 0.05) is 17.5 Å². The van der Waals surface area contributed by atoms with Crippen LogP contribution in [0.4, 0.5) is 5.69 Å². The lowest BCUT2D eigenvalue weighted by Crippen LogP contribution is -2.09. The molecule has 0 aliphatic heterocycles. The summed E-state index contributed by atoms with van der Waals surface area (Å²) < 4.78 is 0. The van der Waals surface area contributed by atoms with E-state index in [0.717, 1.165) is 4.85 Å². The first kappa shape index (κ1) is 9.13. The smallest absolute Gasteiger partial charge is 0.322 e. The Hall–Kier alpha value is -2.44. The number of nitro groups is 1. The average Bonchev–Trinajstić information content (AvgIpc) is 2.61. The van der Waals surface area contributed by atoms with Crippen molar-refractivity contribution in [2.45, 2.75) is 0 Å². The maximum Gasteiger partial charge on any atom is 0.323 e. The molecule has 0 fully saturated rings. The zero-order valence-corrected chi connectivity index (χ0v) is 7.36. The van der Waals surface area contributed by atoms with Crippen molar-refractivity contribution in [3.05, 3.63) is 34.5 Å². The van der Waals surface area contributed by atoms with Crippen LogP contribution in [0.25, 0.3) is 10.9 Å². The zero-order chi connectivity index (χ0) is 10.8. The van der Waals surface area contributed by atoms with Crippen molar-refractivity contribution in [1.82, 2.24) is 9.94 Å². The van der Waals surface area contributed by atoms with Crippen molar-refractivity contribution in [3.8, 4) is 0 Å². The molecule has 0 N–H and O–H groups in total. The lowest BCUT2D eigenvalue weighted by atomic mass is 10.2. The fourth-order valence-corrected chi connectivity index (χ4v) is 1.23. The summed E-state index contributed by atoms with van der Waals surface area (Å²) in [5.74, 6) is 0. The first-order valence-electron chi connectivity index (χ1n) is 3.95. The highest BCUT2D eigenvalue weighted by Gasteiger charge is 2.09. The SMILES string of the molecule is O=COn1ncc2cc([N+](=O)[O-])ccc21. The summed E-state index contributed by atoms with van der Waals surface area (Å²) in [6, 6.07) is 4.13. The van der Waals surface area contributed by atoms with Crippen molar-refractivity contribution in [1.29, 1.82) is 0 Å². The Labute approximate surface area is 83.0 Å². The molecule has 0 radical (unpaired) electrons. The molecule has 0 atom stereocenters. The minimum absolute atomic E-state index is 0.0341. The molecular weight excluding hydrogens is 202 g/mol. The molecule has 0 saturated carbocycles. The summed E-state index contributed by atoms with van der Waals surface area (Å²) in [7, 11) is 0. The van der Waals surface area contributed by atoms with Crippen LogP contribution in [-0.4, -0.2) is 21.3 Å². The minimum atomic E-state index is -0.503. The summed E-state index contributed by atoms with van der Waals surface area (Å²) in [4.78, 5) is 25.6. The van der Waals surface area contributed by atoms with Gasteiger partial charge in [0.25, 0.3) is 5.69 Å². The monoisotopic (exact) mass is 207 g/mol. The quantitative estimate of drug-likeness (QED) is 0.416. The number of rotatable bonds is 3. The van der Waals surface area contributed by atoms with Crippen LogP contribution in [0.3, 0.4) is 0 Å². The van der Waals surface area contributed by atoms with Crippen LogP contribution in [0.5, 0.6) is 0 Å². The number of nitrogens with zero attached hydrogens (tertiary/aromatic N) is 3. The van der Waals surface area contributed by atoms with Crippen LogP contribution in [0.2, 0.25) is 0 Å². The molecule has 2 rings (SSSR count). The van der Waals surface area contributed by atoms with Gasteiger partial charge in [-0.2, -0.15) is 0 Å². The highest BCUT2D eigenvalue weighted by molar-refractivity contribution is 5.81. The van der Waals surface area contributed by atoms with Gasteiger partial charge >= 0.3 is 6.47 Å². The summed E-state index contributed by atoms with van der Waals surface area (Å²) >= 11 is 0. The molecule has 0 aliphatic rings. The normalized spacial score (nSPS) is 10.1. The number of non-ortho nitro benzene ring substituents is 1. The maximum atomic E-state index is 10.5. The zero-order valence-electron chi connectivity index (χ0n) is 7.36. The van der Waals surface area contributed by atoms with Gasteiger partial charge in [-0.1, -0.05) is 4.85 Å². The topological polar surface area (TPSA) is 87.3 Å². The predicted octanol–water partition coefficient (Wildman–Crippen LogP) is 0.529. The number of carbonyl (C=O) groups is 1. The van der Waals surface area contributed by atoms with Gasteiger partial charge in [0.1, 0.15) is 5.52 Å². The van der Waals surface area contributed by atoms with Crippen molar-refractivity contribution in [2.75, 3.05) is 0 Å². The van der Waals surface area contributed by atoms with E-state index in [1.54, 1.807) is 0 Å². The Kier molecular flexibility index (Phi) is 2.05. The van der Waals surface area contributed by atoms with Gasteiger partial charge in [-0.3, -0.25) is 14.9 Å². The van der Waals surface area contributed by atoms with E-state index >= 15 is 0 Å². The molecule has 0 spiro atoms. The Morgan fingerprint density at radius 3 is 3.00 bits per heavy atom. The maximum absolute atomic E-state index is 10.5. The summed E-state index contributed by atoms with van der Waals surface area (Å²) in [5.41, 5.74) is 0.459. The Morgan fingerprint density at radius 2 is 2.33 bits per heavy atom. The minimum Gasteiger partial charge on any atom is -0.322 e. The van der Waals surface area contributed by atoms with Crippen LogP contribution in [0, 0.1) is 10.1 Å². The van der Waals surface area contributed by atoms with Gasteiger partial charge in [0.2, 0.25) is 0 Å². The van der Waals surface area contributed by atoms with E-state index < -0.39 is 4.92 Å². The lowest BCUT2D eigenvalue weighted by Gasteiger charge is -1.96. The average molecular weight is 207 g/mol. The molecule has 7 nitrogen and oxygen atoms in total. The molecule has 76 valence electrons. The van der Waals surface area contributed by atoms with E-state index in [-0.39, 0.29) is 12.2 Å². The van der Waals surface area contributed by atoms with E-state index in [1.165, 1.54) is 24.4 Å². The Bertz CT molecular complexity index is 534. The molecule has 0 aliphatic carbocycles. The lowest BCUT2D eigenvalue weighted by molar-refractivity contribution is -0.384. The Morgan fingerprint density at radius 1 is 1.53 bits per heavy atom. The summed E-state index contributed by atoms with van der Waals surface area (Å²) in [6.07, 6.45) is 1.38. The first-order valence-corrected chi connectivity index (χ1v) is 3.95. The van der Waals surface area contributed by atoms with E-state index in [4.69, 9.17) is 0 Å². The second kappa shape index (κ2) is 3.37. The second-order valence-corrected chi connectivity index (χ2v) is 2.72. The van der Waals surface area contributed by atoms with E-state index in [0.29, 0.717) is 10.9 Å². The number of hydrogen-bond donors (Lipinski definition) is 0. The summed E-state index contributed by atoms with van der Waals surface area (Å²) in [6.45, 7) is 0.230. The molecule has 1 heterocycles. The van der Waals surface area contributed by atoms with Gasteiger partial charge in [-0.05, 0) is 6.07 Å². The van der Waals surface area contributed by atoms with Crippen LogP contribution in [0.15, 0.2) is 24.4 Å². The molecule has 0 saturated heterocycles. The highest BCUT2D eigenvalue weighted by Crippen LogP contribution is 2.19. The van der Waals surface area contributed by atoms with Gasteiger partial charge in [0.05, 0.1) is 11.1 Å². The molecule has 1 aromatic heterocycles. The van der Waals surface area contributed by atoms with Gasteiger partial charge in [0.15, 0.2) is 0 Å². The molecule has 0 bridgehead atoms. The third-order valence-corrected chi connectivity index (χ3v) is 1.87. The fraction of sp³-hybridized carbons (Fsp3) is 0. The Balaban J connectivity index is 2.56. The van der Waals surface area contributed by atoms with Crippen LogP contribution in [0.1, 0.15) is 0 Å². The number of aromatic nitrogens is 2. The van der Waals surface area contributed by atoms with Crippen molar-refractivity contribution >= 4 is 23.1 Å². The highest BCUT2D eigenvalue weighted by atomic mass is 16.7. The van der Waals surface area contributed by atoms with E-state index in [2.05, 4.69) is 9.94 Å². The van der Waals surface area contributed by atoms with Crippen LogP contribution in [-0.2, 0) is 4.79 Å². The molecule has 1 aromatic carbocycles. The first-order chi connectivity index (χ1) is 7.22. The van der Waals surface area contributed by atoms with Crippen LogP contribution >= 0.6 is 0 Å². The second-order valence-electron chi connectivity index (χ2n) is 2.72. The number of fused-ring (bicyclic) bond motifs is 1. The number of nitro benzene ring substituents is 1. The third-order valence-electron chi connectivity index (χ3n) is 1.87. The molecule has 2 aromatic rings. The molecule has 15 heavy (non-hydrogen) atoms. The predicted molar refractivity (Wildman–Crippen MR) is 49.0 cm³/mol. The van der Waals surface area contributed by atoms with E-state index in [9.17, 15) is 14.9 Å².